The highest BCUT2D eigenvalue weighted by Gasteiger charge is 2.34. The second-order valence-corrected chi connectivity index (χ2v) is 7.04. The van der Waals surface area contributed by atoms with Crippen LogP contribution in [-0.2, 0) is 17.8 Å². The maximum absolute atomic E-state index is 13.9. The monoisotopic (exact) mass is 361 g/mol. The second-order valence-electron chi connectivity index (χ2n) is 6.61. The topological polar surface area (TPSA) is 33.5 Å². The van der Waals surface area contributed by atoms with E-state index in [1.54, 1.807) is 12.1 Å². The van der Waals surface area contributed by atoms with Gasteiger partial charge in [-0.05, 0) is 30.2 Å². The standard InChI is InChI=1S/C20H22ClFN2O/c21-17-6-3-4-15(12-17)10-11-23-20(25)14-24(18-8-9-18)13-16-5-1-2-7-19(16)22/h1-7,12,18H,8-11,13-14H2,(H,23,25)/p+1. The first-order valence-corrected chi connectivity index (χ1v) is 9.09. The molecule has 1 fully saturated rings. The van der Waals surface area contributed by atoms with E-state index in [2.05, 4.69) is 5.32 Å². The second kappa shape index (κ2) is 8.45. The summed E-state index contributed by atoms with van der Waals surface area (Å²) >= 11 is 5.97. The van der Waals surface area contributed by atoms with Gasteiger partial charge < -0.3 is 10.2 Å². The van der Waals surface area contributed by atoms with Gasteiger partial charge in [-0.25, -0.2) is 4.39 Å². The summed E-state index contributed by atoms with van der Waals surface area (Å²) in [5.41, 5.74) is 1.78. The molecule has 2 aromatic rings. The Labute approximate surface area is 152 Å². The fourth-order valence-corrected chi connectivity index (χ4v) is 3.25. The van der Waals surface area contributed by atoms with Crippen LogP contribution in [0.5, 0.6) is 0 Å². The largest absolute Gasteiger partial charge is 0.351 e. The summed E-state index contributed by atoms with van der Waals surface area (Å²) < 4.78 is 13.9. The van der Waals surface area contributed by atoms with Gasteiger partial charge in [0, 0.05) is 30.0 Å². The van der Waals surface area contributed by atoms with Crippen LogP contribution in [0.2, 0.25) is 5.02 Å². The van der Waals surface area contributed by atoms with Crippen molar-refractivity contribution in [1.82, 2.24) is 5.32 Å². The fourth-order valence-electron chi connectivity index (χ4n) is 3.04. The molecule has 0 heterocycles. The molecule has 0 saturated heterocycles. The van der Waals surface area contributed by atoms with Crippen molar-refractivity contribution in [3.05, 3.63) is 70.5 Å². The Hall–Kier alpha value is -1.91. The van der Waals surface area contributed by atoms with Gasteiger partial charge in [0.25, 0.3) is 5.91 Å². The molecule has 1 unspecified atom stereocenters. The zero-order valence-electron chi connectivity index (χ0n) is 14.1. The first-order valence-electron chi connectivity index (χ1n) is 8.71. The number of carbonyl (C=O) groups excluding carboxylic acids is 1. The Bertz CT molecular complexity index is 733. The number of carbonyl (C=O) groups is 1. The van der Waals surface area contributed by atoms with E-state index in [0.717, 1.165) is 29.7 Å². The molecule has 2 N–H and O–H groups in total. The van der Waals surface area contributed by atoms with Crippen molar-refractivity contribution >= 4 is 17.5 Å². The highest BCUT2D eigenvalue weighted by atomic mass is 35.5. The minimum atomic E-state index is -0.193. The number of nitrogens with one attached hydrogen (secondary N) is 2. The van der Waals surface area contributed by atoms with Crippen LogP contribution in [0.25, 0.3) is 0 Å². The van der Waals surface area contributed by atoms with E-state index in [4.69, 9.17) is 11.6 Å². The Morgan fingerprint density at radius 2 is 2.00 bits per heavy atom. The van der Waals surface area contributed by atoms with Gasteiger partial charge in [-0.2, -0.15) is 0 Å². The zero-order chi connectivity index (χ0) is 17.6. The lowest BCUT2D eigenvalue weighted by atomic mass is 10.1. The molecule has 1 aliphatic carbocycles. The predicted octanol–water partition coefficient (Wildman–Crippen LogP) is 2.39. The van der Waals surface area contributed by atoms with Crippen LogP contribution in [0, 0.1) is 5.82 Å². The molecule has 2 aromatic carbocycles. The number of halogens is 2. The molecule has 0 bridgehead atoms. The predicted molar refractivity (Wildman–Crippen MR) is 97.1 cm³/mol. The number of hydrogen-bond acceptors (Lipinski definition) is 1. The maximum atomic E-state index is 13.9. The SMILES string of the molecule is O=C(C[NH+](Cc1ccccc1F)C1CC1)NCCc1cccc(Cl)c1. The zero-order valence-corrected chi connectivity index (χ0v) is 14.9. The molecule has 5 heteroatoms. The third-order valence-corrected chi connectivity index (χ3v) is 4.78. The smallest absolute Gasteiger partial charge is 0.275 e. The molecule has 1 atom stereocenters. The van der Waals surface area contributed by atoms with E-state index in [1.807, 2.05) is 30.3 Å². The van der Waals surface area contributed by atoms with Crippen LogP contribution in [0.4, 0.5) is 4.39 Å². The molecule has 3 rings (SSSR count). The van der Waals surface area contributed by atoms with E-state index in [0.29, 0.717) is 36.3 Å². The molecule has 1 amide bonds. The van der Waals surface area contributed by atoms with Gasteiger partial charge in [0.15, 0.2) is 6.54 Å². The van der Waals surface area contributed by atoms with Crippen LogP contribution in [0.15, 0.2) is 48.5 Å². The van der Waals surface area contributed by atoms with E-state index in [9.17, 15) is 9.18 Å². The molecule has 132 valence electrons. The number of quaternary nitrogens is 1. The summed E-state index contributed by atoms with van der Waals surface area (Å²) in [4.78, 5) is 13.4. The van der Waals surface area contributed by atoms with Gasteiger partial charge in [0.2, 0.25) is 0 Å². The summed E-state index contributed by atoms with van der Waals surface area (Å²) in [5.74, 6) is -0.178. The minimum Gasteiger partial charge on any atom is -0.351 e. The molecule has 25 heavy (non-hydrogen) atoms. The van der Waals surface area contributed by atoms with Gasteiger partial charge in [-0.1, -0.05) is 41.9 Å². The highest BCUT2D eigenvalue weighted by molar-refractivity contribution is 6.30. The van der Waals surface area contributed by atoms with Crippen LogP contribution in [0.1, 0.15) is 24.0 Å². The van der Waals surface area contributed by atoms with E-state index in [1.165, 1.54) is 6.07 Å². The van der Waals surface area contributed by atoms with Crippen molar-refractivity contribution in [3.8, 4) is 0 Å². The van der Waals surface area contributed by atoms with Crippen LogP contribution < -0.4 is 10.2 Å². The van der Waals surface area contributed by atoms with Crippen LogP contribution in [0.3, 0.4) is 0 Å². The first kappa shape index (κ1) is 17.9. The molecule has 0 aliphatic heterocycles. The molecular weight excluding hydrogens is 339 g/mol. The molecule has 0 aromatic heterocycles. The Balaban J connectivity index is 1.49. The number of rotatable bonds is 8. The van der Waals surface area contributed by atoms with Gasteiger partial charge >= 0.3 is 0 Å². The molecule has 0 radical (unpaired) electrons. The minimum absolute atomic E-state index is 0.0141. The average Bonchev–Trinajstić information content (AvgIpc) is 3.41. The van der Waals surface area contributed by atoms with Gasteiger partial charge in [-0.3, -0.25) is 4.79 Å². The fraction of sp³-hybridized carbons (Fsp3) is 0.350. The maximum Gasteiger partial charge on any atom is 0.275 e. The van der Waals surface area contributed by atoms with Gasteiger partial charge in [0.05, 0.1) is 6.04 Å². The Morgan fingerprint density at radius 1 is 1.20 bits per heavy atom. The van der Waals surface area contributed by atoms with E-state index in [-0.39, 0.29) is 11.7 Å². The molecule has 1 aliphatic rings. The molecule has 3 nitrogen and oxygen atoms in total. The Morgan fingerprint density at radius 3 is 2.72 bits per heavy atom. The summed E-state index contributed by atoms with van der Waals surface area (Å²) in [5, 5.41) is 3.67. The lowest BCUT2D eigenvalue weighted by Gasteiger charge is -2.19. The van der Waals surface area contributed by atoms with Crippen molar-refractivity contribution in [2.75, 3.05) is 13.1 Å². The number of amides is 1. The normalized spacial score (nSPS) is 15.0. The van der Waals surface area contributed by atoms with Crippen molar-refractivity contribution < 1.29 is 14.1 Å². The van der Waals surface area contributed by atoms with Gasteiger partial charge in [0.1, 0.15) is 12.4 Å². The molecule has 0 spiro atoms. The van der Waals surface area contributed by atoms with Crippen molar-refractivity contribution in [1.29, 1.82) is 0 Å². The number of benzene rings is 2. The Kier molecular flexibility index (Phi) is 6.05. The van der Waals surface area contributed by atoms with Crippen molar-refractivity contribution in [3.63, 3.8) is 0 Å². The summed E-state index contributed by atoms with van der Waals surface area (Å²) in [6.45, 7) is 1.52. The van der Waals surface area contributed by atoms with Crippen LogP contribution >= 0.6 is 11.6 Å². The lowest BCUT2D eigenvalue weighted by molar-refractivity contribution is -0.917. The average molecular weight is 362 g/mol. The van der Waals surface area contributed by atoms with Crippen LogP contribution in [-0.4, -0.2) is 25.0 Å². The lowest BCUT2D eigenvalue weighted by Crippen LogP contribution is -3.13. The quantitative estimate of drug-likeness (QED) is 0.743. The first-order chi connectivity index (χ1) is 12.1. The van der Waals surface area contributed by atoms with Crippen molar-refractivity contribution in [2.24, 2.45) is 0 Å². The van der Waals surface area contributed by atoms with E-state index < -0.39 is 0 Å². The third-order valence-electron chi connectivity index (χ3n) is 4.54. The van der Waals surface area contributed by atoms with Gasteiger partial charge in [-0.15, -0.1) is 0 Å². The highest BCUT2D eigenvalue weighted by Crippen LogP contribution is 2.16. The summed E-state index contributed by atoms with van der Waals surface area (Å²) in [6.07, 6.45) is 2.97. The van der Waals surface area contributed by atoms with Crippen molar-refractivity contribution in [2.45, 2.75) is 31.8 Å². The number of hydrogen-bond donors (Lipinski definition) is 2. The molecule has 1 saturated carbocycles. The summed E-state index contributed by atoms with van der Waals surface area (Å²) in [6, 6.07) is 14.9. The summed E-state index contributed by atoms with van der Waals surface area (Å²) in [7, 11) is 0. The van der Waals surface area contributed by atoms with E-state index >= 15 is 0 Å². The third kappa shape index (κ3) is 5.55. The molecular formula is C20H23ClFN2O+.